The number of amides is 1. The third-order valence-electron chi connectivity index (χ3n) is 6.85. The van der Waals surface area contributed by atoms with Crippen LogP contribution in [0.2, 0.25) is 0 Å². The molecular weight excluding hydrogens is 380 g/mol. The lowest BCUT2D eigenvalue weighted by Gasteiger charge is -2.51. The summed E-state index contributed by atoms with van der Waals surface area (Å²) in [6.07, 6.45) is 2.09. The van der Waals surface area contributed by atoms with Crippen LogP contribution in [0.15, 0.2) is 30.3 Å². The average molecular weight is 411 g/mol. The number of hydrogen-bond donors (Lipinski definition) is 1. The van der Waals surface area contributed by atoms with Crippen LogP contribution in [0.5, 0.6) is 0 Å². The number of likely N-dealkylation sites (tertiary alicyclic amines) is 2. The first kappa shape index (κ1) is 20.6. The van der Waals surface area contributed by atoms with Crippen molar-refractivity contribution >= 4 is 11.9 Å². The van der Waals surface area contributed by atoms with Gasteiger partial charge in [-0.15, -0.1) is 0 Å². The molecule has 0 spiro atoms. The van der Waals surface area contributed by atoms with Crippen LogP contribution in [0, 0.1) is 19.3 Å². The Morgan fingerprint density at radius 1 is 1.20 bits per heavy atom. The van der Waals surface area contributed by atoms with Gasteiger partial charge in [0, 0.05) is 30.4 Å². The highest BCUT2D eigenvalue weighted by Crippen LogP contribution is 2.42. The molecule has 1 N–H and O–H groups in total. The summed E-state index contributed by atoms with van der Waals surface area (Å²) in [6, 6.07) is 9.59. The topological polar surface area (TPSA) is 78.7 Å². The van der Waals surface area contributed by atoms with Crippen LogP contribution < -0.4 is 0 Å². The summed E-state index contributed by atoms with van der Waals surface area (Å²) >= 11 is 0. The van der Waals surface area contributed by atoms with Gasteiger partial charge in [0.05, 0.1) is 17.7 Å². The van der Waals surface area contributed by atoms with E-state index >= 15 is 0 Å². The van der Waals surface area contributed by atoms with Crippen molar-refractivity contribution < 1.29 is 14.7 Å². The Labute approximate surface area is 177 Å². The Morgan fingerprint density at radius 3 is 2.70 bits per heavy atom. The van der Waals surface area contributed by atoms with Crippen LogP contribution in [0.1, 0.15) is 46.6 Å². The largest absolute Gasteiger partial charge is 0.481 e. The van der Waals surface area contributed by atoms with Crippen molar-refractivity contribution in [2.75, 3.05) is 26.7 Å². The molecule has 2 atom stereocenters. The highest BCUT2D eigenvalue weighted by atomic mass is 16.4. The fourth-order valence-corrected chi connectivity index (χ4v) is 5.16. The molecule has 1 aromatic heterocycles. The lowest BCUT2D eigenvalue weighted by atomic mass is 9.68. The zero-order valence-electron chi connectivity index (χ0n) is 18.0. The molecule has 7 heteroatoms. The van der Waals surface area contributed by atoms with E-state index in [9.17, 15) is 14.7 Å². The van der Waals surface area contributed by atoms with Crippen LogP contribution in [0.4, 0.5) is 0 Å². The van der Waals surface area contributed by atoms with Crippen molar-refractivity contribution in [2.24, 2.45) is 5.41 Å². The number of carbonyl (C=O) groups excluding carboxylic acids is 1. The molecule has 2 aliphatic heterocycles. The van der Waals surface area contributed by atoms with Gasteiger partial charge in [0.15, 0.2) is 0 Å². The van der Waals surface area contributed by atoms with E-state index in [-0.39, 0.29) is 11.9 Å². The van der Waals surface area contributed by atoms with Gasteiger partial charge in [0.1, 0.15) is 0 Å². The van der Waals surface area contributed by atoms with Crippen LogP contribution in [-0.4, -0.2) is 69.3 Å². The zero-order chi connectivity index (χ0) is 21.5. The van der Waals surface area contributed by atoms with Crippen molar-refractivity contribution in [2.45, 2.75) is 45.7 Å². The number of carboxylic acid groups (broad SMARTS) is 1. The van der Waals surface area contributed by atoms with Crippen LogP contribution in [-0.2, 0) is 11.3 Å². The van der Waals surface area contributed by atoms with E-state index in [0.29, 0.717) is 38.0 Å². The van der Waals surface area contributed by atoms with Gasteiger partial charge < -0.3 is 14.9 Å². The number of carbonyl (C=O) groups is 2. The number of aliphatic carboxylic acids is 1. The fraction of sp³-hybridized carbons (Fsp3) is 0.522. The van der Waals surface area contributed by atoms with E-state index in [2.05, 4.69) is 10.00 Å². The van der Waals surface area contributed by atoms with Gasteiger partial charge in [0.25, 0.3) is 5.91 Å². The number of fused-ring (bicyclic) bond motifs is 1. The van der Waals surface area contributed by atoms with E-state index in [1.54, 1.807) is 0 Å². The van der Waals surface area contributed by atoms with Crippen LogP contribution in [0.3, 0.4) is 0 Å². The highest BCUT2D eigenvalue weighted by Gasteiger charge is 2.52. The number of piperidine rings is 2. The first-order valence-corrected chi connectivity index (χ1v) is 10.6. The molecule has 0 bridgehead atoms. The molecular formula is C23H30N4O3. The predicted molar refractivity (Wildman–Crippen MR) is 113 cm³/mol. The Hall–Kier alpha value is -2.67. The van der Waals surface area contributed by atoms with E-state index < -0.39 is 11.4 Å². The second-order valence-electron chi connectivity index (χ2n) is 8.85. The third kappa shape index (κ3) is 3.62. The second-order valence-corrected chi connectivity index (χ2v) is 8.85. The Kier molecular flexibility index (Phi) is 5.40. The molecule has 2 saturated heterocycles. The molecule has 160 valence electrons. The first-order valence-electron chi connectivity index (χ1n) is 10.6. The molecule has 0 saturated carbocycles. The summed E-state index contributed by atoms with van der Waals surface area (Å²) in [5.41, 5.74) is 3.01. The van der Waals surface area contributed by atoms with E-state index in [0.717, 1.165) is 29.9 Å². The number of hydrogen-bond acceptors (Lipinski definition) is 4. The van der Waals surface area contributed by atoms with Gasteiger partial charge >= 0.3 is 5.97 Å². The standard InChI is InChI=1S/C23H30N4O3/c1-16-12-17(2)27(24-16)14-18-6-4-7-19(13-18)21(28)26-11-9-23(22(29)30)8-5-10-25(3)20(23)15-26/h4,6-7,12-13,20H,5,8-11,14-15H2,1-3H3,(H,29,30)/t20-,23+/m1/s1. The van der Waals surface area contributed by atoms with Crippen LogP contribution >= 0.6 is 0 Å². The smallest absolute Gasteiger partial charge is 0.311 e. The number of rotatable bonds is 4. The minimum absolute atomic E-state index is 0.0248. The van der Waals surface area contributed by atoms with Crippen molar-refractivity contribution in [1.29, 1.82) is 0 Å². The van der Waals surface area contributed by atoms with Crippen molar-refractivity contribution in [3.05, 3.63) is 52.8 Å². The molecule has 2 aromatic rings. The highest BCUT2D eigenvalue weighted by molar-refractivity contribution is 5.94. The molecule has 30 heavy (non-hydrogen) atoms. The molecule has 7 nitrogen and oxygen atoms in total. The molecule has 0 radical (unpaired) electrons. The van der Waals surface area contributed by atoms with Crippen molar-refractivity contribution in [1.82, 2.24) is 19.6 Å². The first-order chi connectivity index (χ1) is 14.3. The summed E-state index contributed by atoms with van der Waals surface area (Å²) in [4.78, 5) is 29.3. The fourth-order valence-electron chi connectivity index (χ4n) is 5.16. The number of aryl methyl sites for hydroxylation is 2. The molecule has 3 heterocycles. The molecule has 2 aliphatic rings. The number of likely N-dealkylation sites (N-methyl/N-ethyl adjacent to an activating group) is 1. The summed E-state index contributed by atoms with van der Waals surface area (Å²) in [5.74, 6) is -0.749. The lowest BCUT2D eigenvalue weighted by molar-refractivity contribution is -0.161. The number of aromatic nitrogens is 2. The van der Waals surface area contributed by atoms with Gasteiger partial charge in [0.2, 0.25) is 0 Å². The molecule has 0 unspecified atom stereocenters. The maximum atomic E-state index is 13.3. The summed E-state index contributed by atoms with van der Waals surface area (Å²) in [6.45, 7) is 6.44. The minimum atomic E-state index is -0.735. The second kappa shape index (κ2) is 7.87. The molecule has 1 amide bonds. The number of benzene rings is 1. The Morgan fingerprint density at radius 2 is 2.00 bits per heavy atom. The van der Waals surface area contributed by atoms with Gasteiger partial charge in [-0.2, -0.15) is 5.10 Å². The van der Waals surface area contributed by atoms with Gasteiger partial charge in [-0.1, -0.05) is 12.1 Å². The number of nitrogens with zero attached hydrogens (tertiary/aromatic N) is 4. The Bertz CT molecular complexity index is 969. The molecule has 0 aliphatic carbocycles. The van der Waals surface area contributed by atoms with Gasteiger partial charge in [-0.05, 0) is 70.5 Å². The quantitative estimate of drug-likeness (QED) is 0.838. The summed E-state index contributed by atoms with van der Waals surface area (Å²) < 4.78 is 1.94. The van der Waals surface area contributed by atoms with E-state index in [1.807, 2.05) is 60.8 Å². The number of carboxylic acids is 1. The van der Waals surface area contributed by atoms with E-state index in [1.165, 1.54) is 0 Å². The zero-order valence-corrected chi connectivity index (χ0v) is 18.0. The van der Waals surface area contributed by atoms with Gasteiger partial charge in [-0.3, -0.25) is 14.3 Å². The maximum Gasteiger partial charge on any atom is 0.311 e. The minimum Gasteiger partial charge on any atom is -0.481 e. The summed E-state index contributed by atoms with van der Waals surface area (Å²) in [5, 5.41) is 14.5. The average Bonchev–Trinajstić information content (AvgIpc) is 3.04. The third-order valence-corrected chi connectivity index (χ3v) is 6.85. The normalized spacial score (nSPS) is 24.5. The lowest BCUT2D eigenvalue weighted by Crippen LogP contribution is -2.63. The van der Waals surface area contributed by atoms with Crippen molar-refractivity contribution in [3.8, 4) is 0 Å². The van der Waals surface area contributed by atoms with Crippen LogP contribution in [0.25, 0.3) is 0 Å². The molecule has 4 rings (SSSR count). The maximum absolute atomic E-state index is 13.3. The van der Waals surface area contributed by atoms with Gasteiger partial charge in [-0.25, -0.2) is 0 Å². The monoisotopic (exact) mass is 410 g/mol. The summed E-state index contributed by atoms with van der Waals surface area (Å²) in [7, 11) is 1.98. The van der Waals surface area contributed by atoms with Crippen molar-refractivity contribution in [3.63, 3.8) is 0 Å². The Balaban J connectivity index is 1.52. The molecule has 2 fully saturated rings. The molecule has 1 aromatic carbocycles. The SMILES string of the molecule is Cc1cc(C)n(Cc2cccc(C(=O)N3CC[C@@]4(C(=O)O)CCCN(C)[C@@H]4C3)c2)n1. The predicted octanol–water partition coefficient (Wildman–Crippen LogP) is 2.56. The van der Waals surface area contributed by atoms with E-state index in [4.69, 9.17) is 0 Å².